The van der Waals surface area contributed by atoms with Crippen LogP contribution in [0, 0.1) is 11.3 Å². The van der Waals surface area contributed by atoms with E-state index in [4.69, 9.17) is 14.2 Å². The average molecular weight is 638 g/mol. The minimum Gasteiger partial charge on any atom is -0.468 e. The molecule has 46 heavy (non-hydrogen) atoms. The minimum atomic E-state index is -0.983. The van der Waals surface area contributed by atoms with E-state index < -0.39 is 47.4 Å². The molecule has 13 heteroatoms. The largest absolute Gasteiger partial charge is 0.468 e. The first-order valence-electron chi connectivity index (χ1n) is 15.4. The Hall–Kier alpha value is -4.36. The van der Waals surface area contributed by atoms with Crippen molar-refractivity contribution in [2.45, 2.75) is 71.7 Å². The van der Waals surface area contributed by atoms with E-state index in [0.717, 1.165) is 10.9 Å². The third-order valence-electron chi connectivity index (χ3n) is 8.17. The van der Waals surface area contributed by atoms with Crippen LogP contribution in [0.5, 0.6) is 0 Å². The molecule has 2 aliphatic rings. The van der Waals surface area contributed by atoms with Crippen LogP contribution in [0.25, 0.3) is 17.0 Å². The van der Waals surface area contributed by atoms with E-state index in [1.807, 2.05) is 50.3 Å². The van der Waals surface area contributed by atoms with E-state index in [0.29, 0.717) is 30.6 Å². The van der Waals surface area contributed by atoms with Gasteiger partial charge in [0.15, 0.2) is 0 Å². The van der Waals surface area contributed by atoms with Crippen LogP contribution in [0.4, 0.5) is 0 Å². The molecule has 2 aliphatic heterocycles. The van der Waals surface area contributed by atoms with Crippen LogP contribution in [-0.2, 0) is 38.2 Å². The van der Waals surface area contributed by atoms with Crippen molar-refractivity contribution < 1.29 is 38.2 Å². The van der Waals surface area contributed by atoms with Crippen molar-refractivity contribution in [2.75, 3.05) is 26.9 Å². The molecule has 1 aromatic heterocycles. The van der Waals surface area contributed by atoms with Gasteiger partial charge in [-0.15, -0.1) is 0 Å². The second kappa shape index (κ2) is 14.8. The summed E-state index contributed by atoms with van der Waals surface area (Å²) in [7, 11) is 1.29. The molecule has 1 aromatic carbocycles. The normalized spacial score (nSPS) is 19.5. The molecule has 0 bridgehead atoms. The van der Waals surface area contributed by atoms with Crippen molar-refractivity contribution in [3.05, 3.63) is 47.7 Å². The van der Waals surface area contributed by atoms with Crippen molar-refractivity contribution in [3.63, 3.8) is 0 Å². The fourth-order valence-electron chi connectivity index (χ4n) is 5.35. The Morgan fingerprint density at radius 1 is 1.09 bits per heavy atom. The Labute approximate surface area is 268 Å². The summed E-state index contributed by atoms with van der Waals surface area (Å²) < 4.78 is 15.5. The van der Waals surface area contributed by atoms with Gasteiger partial charge < -0.3 is 24.8 Å². The van der Waals surface area contributed by atoms with E-state index in [9.17, 15) is 24.0 Å². The van der Waals surface area contributed by atoms with Crippen molar-refractivity contribution in [2.24, 2.45) is 11.3 Å². The zero-order valence-electron chi connectivity index (χ0n) is 27.1. The first kappa shape index (κ1) is 34.5. The molecular formula is C33H43N5O8. The second-order valence-electron chi connectivity index (χ2n) is 12.2. The van der Waals surface area contributed by atoms with Gasteiger partial charge >= 0.3 is 11.9 Å². The number of amides is 3. The summed E-state index contributed by atoms with van der Waals surface area (Å²) in [5.41, 5.74) is 4.03. The lowest BCUT2D eigenvalue weighted by molar-refractivity contribution is -0.154. The number of carbonyl (C=O) groups excluding carboxylic acids is 5. The summed E-state index contributed by atoms with van der Waals surface area (Å²) in [4.78, 5) is 68.0. The van der Waals surface area contributed by atoms with Crippen LogP contribution >= 0.6 is 0 Å². The zero-order valence-corrected chi connectivity index (χ0v) is 27.1. The quantitative estimate of drug-likeness (QED) is 0.311. The first-order valence-corrected chi connectivity index (χ1v) is 15.4. The van der Waals surface area contributed by atoms with Gasteiger partial charge in [-0.2, -0.15) is 0 Å². The summed E-state index contributed by atoms with van der Waals surface area (Å²) in [6.07, 6.45) is 4.25. The molecule has 0 spiro atoms. The number of hydrazine groups is 1. The van der Waals surface area contributed by atoms with Gasteiger partial charge in [0.2, 0.25) is 11.8 Å². The number of rotatable bonds is 11. The molecule has 1 unspecified atom stereocenters. The molecule has 0 radical (unpaired) electrons. The molecule has 0 aliphatic carbocycles. The highest BCUT2D eigenvalue weighted by molar-refractivity contribution is 5.94. The number of fused-ring (bicyclic) bond motifs is 1. The van der Waals surface area contributed by atoms with Gasteiger partial charge in [-0.25, -0.2) is 10.4 Å². The maximum Gasteiger partial charge on any atom is 0.324 e. The van der Waals surface area contributed by atoms with Crippen LogP contribution in [-0.4, -0.2) is 84.6 Å². The molecular weight excluding hydrogens is 594 g/mol. The highest BCUT2D eigenvalue weighted by Gasteiger charge is 2.45. The van der Waals surface area contributed by atoms with E-state index in [1.165, 1.54) is 19.0 Å². The monoisotopic (exact) mass is 637 g/mol. The van der Waals surface area contributed by atoms with E-state index in [2.05, 4.69) is 21.0 Å². The first-order chi connectivity index (χ1) is 21.8. The average Bonchev–Trinajstić information content (AvgIpc) is 3.01. The Morgan fingerprint density at radius 3 is 2.43 bits per heavy atom. The van der Waals surface area contributed by atoms with Crippen molar-refractivity contribution >= 4 is 46.6 Å². The van der Waals surface area contributed by atoms with Crippen LogP contribution in [0.2, 0.25) is 0 Å². The van der Waals surface area contributed by atoms with E-state index in [1.54, 1.807) is 19.9 Å². The Kier molecular flexibility index (Phi) is 11.1. The predicted molar refractivity (Wildman–Crippen MR) is 168 cm³/mol. The fourth-order valence-corrected chi connectivity index (χ4v) is 5.35. The number of benzene rings is 1. The maximum absolute atomic E-state index is 13.6. The Morgan fingerprint density at radius 2 is 1.80 bits per heavy atom. The molecule has 13 nitrogen and oxygen atoms in total. The minimum absolute atomic E-state index is 0.147. The van der Waals surface area contributed by atoms with Gasteiger partial charge in [-0.05, 0) is 50.3 Å². The highest BCUT2D eigenvalue weighted by atomic mass is 16.5. The smallest absolute Gasteiger partial charge is 0.324 e. The van der Waals surface area contributed by atoms with Crippen LogP contribution in [0.1, 0.15) is 64.8 Å². The van der Waals surface area contributed by atoms with Gasteiger partial charge in [0.25, 0.3) is 5.91 Å². The number of pyridine rings is 1. The third kappa shape index (κ3) is 8.07. The standard InChI is InChI=1S/C33H43N5O8/c1-19(2)28(29(40)34-20(3)30(41)38-15-7-8-26(37-38)31(42)44-6)36-32(43)33(17-45-18-33)14-13-23-9-10-24-11-12-25(35-27(24)16-23)21(4)46-22(5)39/h9-14,16,19-21,26,28,37H,7-8,15,17-18H2,1-6H3,(H,34,40)(H,36,43)/b14-13+/t20-,21+,26?,28-/m0/s1. The summed E-state index contributed by atoms with van der Waals surface area (Å²) >= 11 is 0. The zero-order chi connectivity index (χ0) is 33.6. The lowest BCUT2D eigenvalue weighted by atomic mass is 9.83. The van der Waals surface area contributed by atoms with Crippen LogP contribution < -0.4 is 16.1 Å². The second-order valence-corrected chi connectivity index (χ2v) is 12.2. The lowest BCUT2D eigenvalue weighted by Crippen LogP contribution is -2.62. The number of esters is 2. The van der Waals surface area contributed by atoms with Gasteiger partial charge in [0, 0.05) is 18.9 Å². The number of nitrogens with zero attached hydrogens (tertiary/aromatic N) is 2. The number of hydrogen-bond acceptors (Lipinski definition) is 10. The molecule has 0 saturated carbocycles. The maximum atomic E-state index is 13.6. The fraction of sp³-hybridized carbons (Fsp3) is 0.515. The molecule has 4 atom stereocenters. The molecule has 2 fully saturated rings. The molecule has 248 valence electrons. The summed E-state index contributed by atoms with van der Waals surface area (Å²) in [5.74, 6) is -2.39. The predicted octanol–water partition coefficient (Wildman–Crippen LogP) is 2.20. The number of methoxy groups -OCH3 is 1. The number of ether oxygens (including phenoxy) is 3. The number of nitrogens with one attached hydrogen (secondary N) is 3. The topological polar surface area (TPSA) is 165 Å². The summed E-state index contributed by atoms with van der Waals surface area (Å²) in [6.45, 7) is 8.97. The van der Waals surface area contributed by atoms with Crippen molar-refractivity contribution in [3.8, 4) is 0 Å². The third-order valence-corrected chi connectivity index (χ3v) is 8.17. The van der Waals surface area contributed by atoms with Gasteiger partial charge in [0.05, 0.1) is 31.5 Å². The van der Waals surface area contributed by atoms with Crippen molar-refractivity contribution in [1.82, 2.24) is 26.1 Å². The number of hydrogen-bond donors (Lipinski definition) is 3. The molecule has 3 heterocycles. The molecule has 4 rings (SSSR count). The molecule has 3 amide bonds. The summed E-state index contributed by atoms with van der Waals surface area (Å²) in [5, 5.41) is 7.84. The Bertz CT molecular complexity index is 1500. The molecule has 3 N–H and O–H groups in total. The number of aromatic nitrogens is 1. The molecule has 2 saturated heterocycles. The van der Waals surface area contributed by atoms with Gasteiger partial charge in [-0.3, -0.25) is 29.0 Å². The highest BCUT2D eigenvalue weighted by Crippen LogP contribution is 2.31. The lowest BCUT2D eigenvalue weighted by Gasteiger charge is -2.39. The molecule has 2 aromatic rings. The number of carbonyl (C=O) groups is 5. The van der Waals surface area contributed by atoms with Gasteiger partial charge in [-0.1, -0.05) is 44.2 Å². The van der Waals surface area contributed by atoms with E-state index >= 15 is 0 Å². The van der Waals surface area contributed by atoms with Crippen LogP contribution in [0.15, 0.2) is 36.4 Å². The van der Waals surface area contributed by atoms with Crippen molar-refractivity contribution in [1.29, 1.82) is 0 Å². The van der Waals surface area contributed by atoms with E-state index in [-0.39, 0.29) is 31.0 Å². The van der Waals surface area contributed by atoms with Crippen LogP contribution in [0.3, 0.4) is 0 Å². The summed E-state index contributed by atoms with van der Waals surface area (Å²) in [6, 6.07) is 6.99. The van der Waals surface area contributed by atoms with Gasteiger partial charge in [0.1, 0.15) is 29.6 Å². The SMILES string of the molecule is COC(=O)C1CCCN(C(=O)[C@H](C)NC(=O)[C@@H](NC(=O)C2(/C=C/c3ccc4ccc([C@@H](C)OC(C)=O)nc4c3)COC2)C(C)C)N1. The Balaban J connectivity index is 1.42.